The lowest BCUT2D eigenvalue weighted by Gasteiger charge is -2.43. The Labute approximate surface area is 156 Å². The fourth-order valence-electron chi connectivity index (χ4n) is 3.93. The number of carbonyl (C=O) groups excluding carboxylic acids is 1. The lowest BCUT2D eigenvalue weighted by atomic mass is 9.63. The average molecular weight is 386 g/mol. The molecule has 1 aliphatic heterocycles. The van der Waals surface area contributed by atoms with Crippen molar-refractivity contribution in [2.75, 3.05) is 26.8 Å². The lowest BCUT2D eigenvalue weighted by Crippen LogP contribution is -2.51. The number of rotatable bonds is 5. The van der Waals surface area contributed by atoms with E-state index in [2.05, 4.69) is 0 Å². The van der Waals surface area contributed by atoms with Gasteiger partial charge in [-0.3, -0.25) is 9.59 Å². The molecule has 5 nitrogen and oxygen atoms in total. The Morgan fingerprint density at radius 3 is 2.48 bits per heavy atom. The topological polar surface area (TPSA) is 66.8 Å². The fourth-order valence-corrected chi connectivity index (χ4v) is 4.23. The van der Waals surface area contributed by atoms with E-state index in [4.69, 9.17) is 27.9 Å². The standard InChI is InChI=1S/C18H21Cl2NO4/c1-25-11-17(16(23)24)7-8-21(10-17)15(22)18(5-2-6-18)12-3-4-13(19)14(20)9-12/h3-4,9H,2,5-8,10-11H2,1H3,(H,23,24). The molecule has 2 aliphatic rings. The largest absolute Gasteiger partial charge is 0.481 e. The van der Waals surface area contributed by atoms with Crippen LogP contribution in [-0.4, -0.2) is 48.7 Å². The van der Waals surface area contributed by atoms with Gasteiger partial charge >= 0.3 is 5.97 Å². The summed E-state index contributed by atoms with van der Waals surface area (Å²) in [5.74, 6) is -0.932. The van der Waals surface area contributed by atoms with Crippen molar-refractivity contribution >= 4 is 35.1 Å². The number of hydrogen-bond donors (Lipinski definition) is 1. The van der Waals surface area contributed by atoms with Crippen LogP contribution in [0.2, 0.25) is 10.0 Å². The SMILES string of the molecule is COCC1(C(=O)O)CCN(C(=O)C2(c3ccc(Cl)c(Cl)c3)CCC2)C1. The zero-order valence-corrected chi connectivity index (χ0v) is 15.6. The summed E-state index contributed by atoms with van der Waals surface area (Å²) in [4.78, 5) is 26.7. The molecule has 1 amide bonds. The van der Waals surface area contributed by atoms with Crippen LogP contribution in [0.4, 0.5) is 0 Å². The number of carbonyl (C=O) groups is 2. The molecule has 0 bridgehead atoms. The van der Waals surface area contributed by atoms with Gasteiger partial charge in [0.25, 0.3) is 0 Å². The number of methoxy groups -OCH3 is 1. The van der Waals surface area contributed by atoms with Crippen LogP contribution >= 0.6 is 23.2 Å². The smallest absolute Gasteiger partial charge is 0.313 e. The highest BCUT2D eigenvalue weighted by atomic mass is 35.5. The number of hydrogen-bond acceptors (Lipinski definition) is 3. The van der Waals surface area contributed by atoms with Crippen molar-refractivity contribution < 1.29 is 19.4 Å². The van der Waals surface area contributed by atoms with Gasteiger partial charge < -0.3 is 14.7 Å². The highest BCUT2D eigenvalue weighted by Crippen LogP contribution is 2.47. The Morgan fingerprint density at radius 1 is 1.24 bits per heavy atom. The van der Waals surface area contributed by atoms with Crippen molar-refractivity contribution in [1.29, 1.82) is 0 Å². The van der Waals surface area contributed by atoms with Gasteiger partial charge in [0.05, 0.1) is 22.1 Å². The Balaban J connectivity index is 1.86. The second kappa shape index (κ2) is 6.78. The van der Waals surface area contributed by atoms with Gasteiger partial charge in [0.2, 0.25) is 5.91 Å². The normalized spacial score (nSPS) is 24.8. The maximum Gasteiger partial charge on any atom is 0.313 e. The summed E-state index contributed by atoms with van der Waals surface area (Å²) >= 11 is 12.1. The maximum absolute atomic E-state index is 13.3. The molecule has 1 aromatic carbocycles. The number of aliphatic carboxylic acids is 1. The molecule has 1 N–H and O–H groups in total. The first-order valence-corrected chi connectivity index (χ1v) is 9.07. The number of ether oxygens (including phenoxy) is 1. The molecule has 25 heavy (non-hydrogen) atoms. The van der Waals surface area contributed by atoms with Crippen molar-refractivity contribution in [1.82, 2.24) is 4.90 Å². The number of halogens is 2. The summed E-state index contributed by atoms with van der Waals surface area (Å²) in [7, 11) is 1.48. The van der Waals surface area contributed by atoms with Gasteiger partial charge in [-0.15, -0.1) is 0 Å². The second-order valence-corrected chi connectivity index (χ2v) is 7.87. The van der Waals surface area contributed by atoms with Crippen molar-refractivity contribution in [3.8, 4) is 0 Å². The summed E-state index contributed by atoms with van der Waals surface area (Å²) in [5.41, 5.74) is -0.777. The molecule has 0 spiro atoms. The summed E-state index contributed by atoms with van der Waals surface area (Å²) in [6.45, 7) is 0.710. The van der Waals surface area contributed by atoms with Gasteiger partial charge in [-0.25, -0.2) is 0 Å². The second-order valence-electron chi connectivity index (χ2n) is 7.06. The Kier molecular flexibility index (Phi) is 5.02. The number of amides is 1. The molecular weight excluding hydrogens is 365 g/mol. The fraction of sp³-hybridized carbons (Fsp3) is 0.556. The van der Waals surface area contributed by atoms with Crippen LogP contribution in [0, 0.1) is 5.41 Å². The van der Waals surface area contributed by atoms with Gasteiger partial charge in [-0.05, 0) is 37.0 Å². The van der Waals surface area contributed by atoms with E-state index in [1.807, 2.05) is 6.07 Å². The Bertz CT molecular complexity index is 704. The highest BCUT2D eigenvalue weighted by molar-refractivity contribution is 6.42. The van der Waals surface area contributed by atoms with Crippen molar-refractivity contribution in [2.24, 2.45) is 5.41 Å². The van der Waals surface area contributed by atoms with Gasteiger partial charge in [0.1, 0.15) is 5.41 Å². The van der Waals surface area contributed by atoms with Crippen LogP contribution in [0.3, 0.4) is 0 Å². The van der Waals surface area contributed by atoms with E-state index in [1.165, 1.54) is 7.11 Å². The number of benzene rings is 1. The van der Waals surface area contributed by atoms with E-state index in [9.17, 15) is 14.7 Å². The van der Waals surface area contributed by atoms with E-state index in [-0.39, 0.29) is 19.1 Å². The molecule has 1 aliphatic carbocycles. The zero-order valence-electron chi connectivity index (χ0n) is 14.1. The monoisotopic (exact) mass is 385 g/mol. The van der Waals surface area contributed by atoms with Crippen molar-refractivity contribution in [2.45, 2.75) is 31.1 Å². The van der Waals surface area contributed by atoms with Crippen LogP contribution in [-0.2, 0) is 19.7 Å². The molecule has 7 heteroatoms. The highest BCUT2D eigenvalue weighted by Gasteiger charge is 2.53. The molecule has 1 unspecified atom stereocenters. The minimum atomic E-state index is -1.02. The lowest BCUT2D eigenvalue weighted by molar-refractivity contribution is -0.152. The van der Waals surface area contributed by atoms with Crippen LogP contribution in [0.25, 0.3) is 0 Å². The number of carboxylic acid groups (broad SMARTS) is 1. The minimum absolute atomic E-state index is 0.0173. The maximum atomic E-state index is 13.3. The predicted molar refractivity (Wildman–Crippen MR) is 95.1 cm³/mol. The molecule has 1 aromatic rings. The van der Waals surface area contributed by atoms with Gasteiger partial charge in [-0.2, -0.15) is 0 Å². The van der Waals surface area contributed by atoms with E-state index in [0.29, 0.717) is 23.0 Å². The summed E-state index contributed by atoms with van der Waals surface area (Å²) in [6.07, 6.45) is 2.84. The summed E-state index contributed by atoms with van der Waals surface area (Å²) < 4.78 is 5.11. The molecule has 136 valence electrons. The van der Waals surface area contributed by atoms with Crippen LogP contribution in [0.5, 0.6) is 0 Å². The third-order valence-corrected chi connectivity index (χ3v) is 6.34. The van der Waals surface area contributed by atoms with E-state index >= 15 is 0 Å². The summed E-state index contributed by atoms with van der Waals surface area (Å²) in [5, 5.41) is 10.5. The number of nitrogens with zero attached hydrogens (tertiary/aromatic N) is 1. The number of likely N-dealkylation sites (tertiary alicyclic amines) is 1. The molecule has 1 saturated carbocycles. The average Bonchev–Trinajstić information content (AvgIpc) is 2.95. The molecule has 1 heterocycles. The third kappa shape index (κ3) is 3.03. The Morgan fingerprint density at radius 2 is 1.96 bits per heavy atom. The third-order valence-electron chi connectivity index (χ3n) is 5.60. The molecule has 1 saturated heterocycles. The van der Waals surface area contributed by atoms with Crippen molar-refractivity contribution in [3.63, 3.8) is 0 Å². The molecule has 0 aromatic heterocycles. The van der Waals surface area contributed by atoms with E-state index in [1.54, 1.807) is 17.0 Å². The molecule has 2 fully saturated rings. The Hall–Kier alpha value is -1.30. The van der Waals surface area contributed by atoms with Gasteiger partial charge in [-0.1, -0.05) is 35.7 Å². The van der Waals surface area contributed by atoms with E-state index in [0.717, 1.165) is 24.8 Å². The zero-order chi connectivity index (χ0) is 18.2. The molecule has 0 radical (unpaired) electrons. The molecule has 3 rings (SSSR count). The van der Waals surface area contributed by atoms with Crippen LogP contribution in [0.1, 0.15) is 31.2 Å². The quantitative estimate of drug-likeness (QED) is 0.843. The van der Waals surface area contributed by atoms with Crippen LogP contribution < -0.4 is 0 Å². The van der Waals surface area contributed by atoms with Crippen LogP contribution in [0.15, 0.2) is 18.2 Å². The first kappa shape index (κ1) is 18.5. The van der Waals surface area contributed by atoms with E-state index < -0.39 is 16.8 Å². The van der Waals surface area contributed by atoms with Crippen molar-refractivity contribution in [3.05, 3.63) is 33.8 Å². The molecule has 1 atom stereocenters. The minimum Gasteiger partial charge on any atom is -0.481 e. The number of carboxylic acids is 1. The predicted octanol–water partition coefficient (Wildman–Crippen LogP) is 3.36. The van der Waals surface area contributed by atoms with Gasteiger partial charge in [0.15, 0.2) is 0 Å². The first-order chi connectivity index (χ1) is 11.8. The first-order valence-electron chi connectivity index (χ1n) is 8.32. The molecular formula is C18H21Cl2NO4. The van der Waals surface area contributed by atoms with Gasteiger partial charge in [0, 0.05) is 20.2 Å². The summed E-state index contributed by atoms with van der Waals surface area (Å²) in [6, 6.07) is 5.32.